The van der Waals surface area contributed by atoms with Crippen LogP contribution in [0.15, 0.2) is 66.7 Å². The van der Waals surface area contributed by atoms with Crippen molar-refractivity contribution in [2.75, 3.05) is 19.5 Å². The lowest BCUT2D eigenvalue weighted by Gasteiger charge is -2.26. The number of nitrogens with one attached hydrogen (secondary N) is 1. The van der Waals surface area contributed by atoms with Crippen molar-refractivity contribution in [1.82, 2.24) is 5.32 Å². The fourth-order valence-corrected chi connectivity index (χ4v) is 3.39. The minimum Gasteiger partial charge on any atom is -0.394 e. The number of hydrogen-bond acceptors (Lipinski definition) is 5. The molecule has 0 aliphatic rings. The minimum absolute atomic E-state index is 0.102. The fourth-order valence-electron chi connectivity index (χ4n) is 3.39. The van der Waals surface area contributed by atoms with Crippen molar-refractivity contribution >= 4 is 42.4 Å². The van der Waals surface area contributed by atoms with Crippen LogP contribution in [0.25, 0.3) is 32.3 Å². The maximum atomic E-state index is 9.42. The minimum atomic E-state index is -3.67. The molecule has 4 aromatic carbocycles. The van der Waals surface area contributed by atoms with Crippen LogP contribution in [0, 0.1) is 0 Å². The van der Waals surface area contributed by atoms with Crippen LogP contribution < -0.4 is 5.32 Å². The Hall–Kier alpha value is -2.55. The van der Waals surface area contributed by atoms with Gasteiger partial charge in [0.1, 0.15) is 0 Å². The summed E-state index contributed by atoms with van der Waals surface area (Å²) in [7, 11) is -3.67. The first-order valence-electron chi connectivity index (χ1n) is 9.85. The second-order valence-electron chi connectivity index (χ2n) is 8.01. The summed E-state index contributed by atoms with van der Waals surface area (Å²) >= 11 is 0. The SMILES string of the molecule is CC(CO)(CO)NCc1ccc2c(ccc3cc4ccccc4cc32)c1.CS(=O)(=O)O. The molecule has 4 N–H and O–H groups in total. The molecule has 0 aliphatic carbocycles. The second kappa shape index (κ2) is 9.30. The van der Waals surface area contributed by atoms with Gasteiger partial charge in [0.25, 0.3) is 10.1 Å². The highest BCUT2D eigenvalue weighted by Crippen LogP contribution is 2.30. The van der Waals surface area contributed by atoms with Crippen LogP contribution in [0.3, 0.4) is 0 Å². The van der Waals surface area contributed by atoms with E-state index >= 15 is 0 Å². The molecule has 0 spiro atoms. The molecule has 0 amide bonds. The van der Waals surface area contributed by atoms with Gasteiger partial charge in [0.05, 0.1) is 25.0 Å². The lowest BCUT2D eigenvalue weighted by atomic mass is 9.97. The molecule has 7 heteroatoms. The maximum Gasteiger partial charge on any atom is 0.261 e. The van der Waals surface area contributed by atoms with E-state index in [1.807, 2.05) is 6.92 Å². The summed E-state index contributed by atoms with van der Waals surface area (Å²) in [6, 6.07) is 23.7. The Morgan fingerprint density at radius 1 is 0.806 bits per heavy atom. The maximum absolute atomic E-state index is 9.42. The Morgan fingerprint density at radius 3 is 1.94 bits per heavy atom. The number of aliphatic hydroxyl groups is 2. The topological polar surface area (TPSA) is 107 Å². The predicted molar refractivity (Wildman–Crippen MR) is 126 cm³/mol. The monoisotopic (exact) mass is 441 g/mol. The van der Waals surface area contributed by atoms with Crippen LogP contribution >= 0.6 is 0 Å². The van der Waals surface area contributed by atoms with Crippen molar-refractivity contribution < 1.29 is 23.2 Å². The van der Waals surface area contributed by atoms with Crippen molar-refractivity contribution in [2.45, 2.75) is 19.0 Å². The molecule has 0 fully saturated rings. The molecule has 0 unspecified atom stereocenters. The van der Waals surface area contributed by atoms with E-state index in [4.69, 9.17) is 4.55 Å². The van der Waals surface area contributed by atoms with Gasteiger partial charge in [-0.1, -0.05) is 48.5 Å². The van der Waals surface area contributed by atoms with Gasteiger partial charge < -0.3 is 15.5 Å². The van der Waals surface area contributed by atoms with Crippen molar-refractivity contribution in [3.8, 4) is 0 Å². The highest BCUT2D eigenvalue weighted by Gasteiger charge is 2.21. The third kappa shape index (κ3) is 6.00. The van der Waals surface area contributed by atoms with Gasteiger partial charge in [0.15, 0.2) is 0 Å². The van der Waals surface area contributed by atoms with Gasteiger partial charge in [0.2, 0.25) is 0 Å². The van der Waals surface area contributed by atoms with Gasteiger partial charge in [-0.25, -0.2) is 0 Å². The van der Waals surface area contributed by atoms with Crippen LogP contribution in [0.5, 0.6) is 0 Å². The van der Waals surface area contributed by atoms with Crippen molar-refractivity contribution in [2.24, 2.45) is 0 Å². The Kier molecular flexibility index (Phi) is 6.93. The van der Waals surface area contributed by atoms with Crippen molar-refractivity contribution in [1.29, 1.82) is 0 Å². The predicted octanol–water partition coefficient (Wildman–Crippen LogP) is 3.48. The molecule has 0 aliphatic heterocycles. The summed E-state index contributed by atoms with van der Waals surface area (Å²) < 4.78 is 25.9. The molecule has 0 radical (unpaired) electrons. The Bertz CT molecular complexity index is 1310. The third-order valence-electron chi connectivity index (χ3n) is 5.18. The molecule has 0 aromatic heterocycles. The van der Waals surface area contributed by atoms with Gasteiger partial charge in [-0.3, -0.25) is 4.55 Å². The molecule has 0 saturated heterocycles. The third-order valence-corrected chi connectivity index (χ3v) is 5.18. The molecular weight excluding hydrogens is 414 g/mol. The van der Waals surface area contributed by atoms with Gasteiger partial charge in [-0.15, -0.1) is 0 Å². The number of aliphatic hydroxyl groups excluding tert-OH is 2. The Balaban J connectivity index is 0.000000491. The van der Waals surface area contributed by atoms with Crippen LogP contribution in [-0.2, 0) is 16.7 Å². The summed E-state index contributed by atoms with van der Waals surface area (Å²) in [5.41, 5.74) is 0.461. The number of fused-ring (bicyclic) bond motifs is 4. The zero-order valence-electron chi connectivity index (χ0n) is 17.5. The number of hydrogen-bond donors (Lipinski definition) is 4. The molecule has 164 valence electrons. The van der Waals surface area contributed by atoms with E-state index in [0.717, 1.165) is 5.56 Å². The van der Waals surface area contributed by atoms with Crippen molar-refractivity contribution in [3.05, 3.63) is 72.3 Å². The highest BCUT2D eigenvalue weighted by molar-refractivity contribution is 7.85. The zero-order chi connectivity index (χ0) is 22.6. The highest BCUT2D eigenvalue weighted by atomic mass is 32.2. The first-order valence-corrected chi connectivity index (χ1v) is 11.7. The van der Waals surface area contributed by atoms with E-state index in [2.05, 4.69) is 72.0 Å². The molecule has 4 rings (SSSR count). The second-order valence-corrected chi connectivity index (χ2v) is 9.47. The van der Waals surface area contributed by atoms with Crippen LogP contribution in [0.1, 0.15) is 12.5 Å². The number of benzene rings is 4. The van der Waals surface area contributed by atoms with Crippen LogP contribution in [0.4, 0.5) is 0 Å². The van der Waals surface area contributed by atoms with Gasteiger partial charge in [0, 0.05) is 6.54 Å². The average molecular weight is 442 g/mol. The molecular formula is C24H27NO5S. The van der Waals surface area contributed by atoms with E-state index in [1.54, 1.807) is 0 Å². The molecule has 4 aromatic rings. The lowest BCUT2D eigenvalue weighted by Crippen LogP contribution is -2.48. The summed E-state index contributed by atoms with van der Waals surface area (Å²) in [6.45, 7) is 2.21. The fraction of sp³-hybridized carbons (Fsp3) is 0.250. The van der Waals surface area contributed by atoms with Gasteiger partial charge in [-0.2, -0.15) is 8.42 Å². The molecule has 31 heavy (non-hydrogen) atoms. The summed E-state index contributed by atoms with van der Waals surface area (Å²) in [4.78, 5) is 0. The average Bonchev–Trinajstić information content (AvgIpc) is 2.74. The molecule has 0 heterocycles. The smallest absolute Gasteiger partial charge is 0.261 e. The molecule has 0 bridgehead atoms. The van der Waals surface area contributed by atoms with E-state index in [9.17, 15) is 18.6 Å². The molecule has 0 saturated carbocycles. The summed E-state index contributed by atoms with van der Waals surface area (Å²) in [5.74, 6) is 0. The van der Waals surface area contributed by atoms with E-state index in [0.29, 0.717) is 12.8 Å². The summed E-state index contributed by atoms with van der Waals surface area (Å²) in [5, 5.41) is 29.5. The lowest BCUT2D eigenvalue weighted by molar-refractivity contribution is 0.103. The zero-order valence-corrected chi connectivity index (χ0v) is 18.4. The first-order chi connectivity index (χ1) is 14.6. The van der Waals surface area contributed by atoms with Crippen molar-refractivity contribution in [3.63, 3.8) is 0 Å². The van der Waals surface area contributed by atoms with E-state index in [-0.39, 0.29) is 13.2 Å². The largest absolute Gasteiger partial charge is 0.394 e. The summed E-state index contributed by atoms with van der Waals surface area (Å²) in [6.07, 6.45) is 0.715. The Morgan fingerprint density at radius 2 is 1.35 bits per heavy atom. The quantitative estimate of drug-likeness (QED) is 0.215. The van der Waals surface area contributed by atoms with E-state index in [1.165, 1.54) is 32.3 Å². The standard InChI is InChI=1S/C23H23NO2.CH4O3S/c1-23(14-25,15-26)24-13-16-6-9-21-19(10-16)7-8-20-11-17-4-2-3-5-18(17)12-22(20)21;1-5(2,3)4/h2-12,24-26H,13-15H2,1H3;1H3,(H,2,3,4). The van der Waals surface area contributed by atoms with Crippen LogP contribution in [-0.4, -0.2) is 48.2 Å². The normalized spacial score (nSPS) is 12.2. The Labute approximate surface area is 181 Å². The van der Waals surface area contributed by atoms with Gasteiger partial charge >= 0.3 is 0 Å². The van der Waals surface area contributed by atoms with E-state index < -0.39 is 15.7 Å². The van der Waals surface area contributed by atoms with Crippen LogP contribution in [0.2, 0.25) is 0 Å². The molecule has 6 nitrogen and oxygen atoms in total. The first kappa shape index (κ1) is 23.1. The number of rotatable bonds is 5. The molecule has 0 atom stereocenters. The van der Waals surface area contributed by atoms with Gasteiger partial charge in [-0.05, 0) is 63.0 Å².